The molecule has 0 amide bonds. The van der Waals surface area contributed by atoms with Gasteiger partial charge in [0.25, 0.3) is 5.69 Å². The summed E-state index contributed by atoms with van der Waals surface area (Å²) in [6, 6.07) is 26.8. The molecule has 0 spiro atoms. The number of nitrogens with zero attached hydrogens (tertiary/aromatic N) is 3. The Labute approximate surface area is 288 Å². The van der Waals surface area contributed by atoms with Crippen LogP contribution in [0.4, 0.5) is 5.69 Å². The molecule has 0 aliphatic carbocycles. The predicted octanol–water partition coefficient (Wildman–Crippen LogP) is 7.10. The van der Waals surface area contributed by atoms with Crippen LogP contribution in [0.5, 0.6) is 0 Å². The molecule has 3 aromatic carbocycles. The van der Waals surface area contributed by atoms with Crippen molar-refractivity contribution in [1.29, 1.82) is 0 Å². The smallest absolute Gasteiger partial charge is 0.336 e. The number of aliphatic imine (C=N–C) groups is 1. The van der Waals surface area contributed by atoms with Crippen LogP contribution in [0.25, 0.3) is 0 Å². The third-order valence-corrected chi connectivity index (χ3v) is 8.64. The molecule has 3 atom stereocenters. The van der Waals surface area contributed by atoms with E-state index in [4.69, 9.17) is 14.2 Å². The van der Waals surface area contributed by atoms with Crippen molar-refractivity contribution >= 4 is 23.3 Å². The molecule has 10 nitrogen and oxygen atoms in total. The van der Waals surface area contributed by atoms with Gasteiger partial charge >= 0.3 is 11.9 Å². The van der Waals surface area contributed by atoms with E-state index in [0.717, 1.165) is 19.4 Å². The van der Waals surface area contributed by atoms with Crippen LogP contribution in [-0.2, 0) is 23.8 Å². The van der Waals surface area contributed by atoms with Crippen molar-refractivity contribution < 1.29 is 28.7 Å². The summed E-state index contributed by atoms with van der Waals surface area (Å²) in [5.74, 6) is -2.87. The van der Waals surface area contributed by atoms with Crippen molar-refractivity contribution in [2.75, 3.05) is 40.0 Å². The molecule has 3 unspecified atom stereocenters. The molecule has 0 aromatic heterocycles. The van der Waals surface area contributed by atoms with E-state index < -0.39 is 34.8 Å². The van der Waals surface area contributed by atoms with Gasteiger partial charge in [-0.3, -0.25) is 19.9 Å². The number of hydrogen-bond donors (Lipinski definition) is 0. The first-order chi connectivity index (χ1) is 23.6. The van der Waals surface area contributed by atoms with E-state index in [0.29, 0.717) is 30.1 Å². The average molecular weight is 670 g/mol. The van der Waals surface area contributed by atoms with Crippen molar-refractivity contribution in [3.05, 3.63) is 123 Å². The maximum absolute atomic E-state index is 14.0. The molecule has 4 rings (SSSR count). The van der Waals surface area contributed by atoms with E-state index in [-0.39, 0.29) is 30.4 Å². The summed E-state index contributed by atoms with van der Waals surface area (Å²) in [5.41, 5.74) is 3.78. The van der Waals surface area contributed by atoms with Gasteiger partial charge in [-0.05, 0) is 63.9 Å². The van der Waals surface area contributed by atoms with Crippen LogP contribution in [0.15, 0.2) is 101 Å². The number of likely N-dealkylation sites (N-methyl/N-ethyl adjacent to an activating group) is 1. The molecule has 1 heterocycles. The maximum Gasteiger partial charge on any atom is 0.336 e. The molecule has 0 saturated heterocycles. The molecule has 49 heavy (non-hydrogen) atoms. The number of esters is 2. The lowest BCUT2D eigenvalue weighted by molar-refractivity contribution is -0.384. The number of allylic oxidation sites excluding steroid dienone is 1. The van der Waals surface area contributed by atoms with E-state index in [9.17, 15) is 19.7 Å². The van der Waals surface area contributed by atoms with E-state index in [1.54, 1.807) is 26.0 Å². The van der Waals surface area contributed by atoms with Gasteiger partial charge in [0, 0.05) is 48.5 Å². The fourth-order valence-electron chi connectivity index (χ4n) is 6.40. The van der Waals surface area contributed by atoms with Crippen molar-refractivity contribution in [2.24, 2.45) is 10.9 Å². The Hall–Kier alpha value is -4.67. The van der Waals surface area contributed by atoms with Crippen molar-refractivity contribution in [3.63, 3.8) is 0 Å². The SMILES string of the molecule is CCCOCCOC(=O)C1C(C)=NC(C)=C(C(=O)OC(C)CN(C)CCC(c2ccccc2)c2ccccc2)C1c1cccc([N+](=O)[O-])c1. The third kappa shape index (κ3) is 10.2. The number of nitro groups is 1. The number of benzene rings is 3. The van der Waals surface area contributed by atoms with Crippen LogP contribution in [0.2, 0.25) is 0 Å². The second kappa shape index (κ2) is 18.2. The fraction of sp³-hybridized carbons (Fsp3) is 0.410. The predicted molar refractivity (Wildman–Crippen MR) is 190 cm³/mol. The van der Waals surface area contributed by atoms with E-state index in [1.165, 1.54) is 23.3 Å². The van der Waals surface area contributed by atoms with Gasteiger partial charge in [0.2, 0.25) is 0 Å². The highest BCUT2D eigenvalue weighted by Crippen LogP contribution is 2.41. The van der Waals surface area contributed by atoms with Crippen LogP contribution in [-0.4, -0.2) is 73.5 Å². The Morgan fingerprint density at radius 2 is 1.59 bits per heavy atom. The van der Waals surface area contributed by atoms with Crippen LogP contribution in [0.3, 0.4) is 0 Å². The minimum Gasteiger partial charge on any atom is -0.463 e. The summed E-state index contributed by atoms with van der Waals surface area (Å²) >= 11 is 0. The number of hydrogen-bond acceptors (Lipinski definition) is 9. The van der Waals surface area contributed by atoms with Gasteiger partial charge in [-0.25, -0.2) is 4.79 Å². The molecule has 3 aromatic rings. The molecule has 1 aliphatic rings. The zero-order valence-electron chi connectivity index (χ0n) is 29.0. The molecule has 10 heteroatoms. The van der Waals surface area contributed by atoms with Gasteiger partial charge in [-0.2, -0.15) is 0 Å². The van der Waals surface area contributed by atoms with E-state index >= 15 is 0 Å². The topological polar surface area (TPSA) is 121 Å². The normalized spacial score (nSPS) is 16.8. The highest BCUT2D eigenvalue weighted by Gasteiger charge is 2.43. The largest absolute Gasteiger partial charge is 0.463 e. The number of non-ortho nitro benzene ring substituents is 1. The summed E-state index contributed by atoms with van der Waals surface area (Å²) in [5, 5.41) is 11.7. The first-order valence-electron chi connectivity index (χ1n) is 16.8. The lowest BCUT2D eigenvalue weighted by Gasteiger charge is -2.32. The Bertz CT molecular complexity index is 1580. The zero-order chi connectivity index (χ0) is 35.3. The van der Waals surface area contributed by atoms with Gasteiger partial charge in [0.05, 0.1) is 17.1 Å². The first-order valence-corrected chi connectivity index (χ1v) is 16.8. The lowest BCUT2D eigenvalue weighted by Crippen LogP contribution is -2.38. The van der Waals surface area contributed by atoms with E-state index in [1.807, 2.05) is 33.0 Å². The second-order valence-corrected chi connectivity index (χ2v) is 12.5. The summed E-state index contributed by atoms with van der Waals surface area (Å²) in [7, 11) is 2.00. The van der Waals surface area contributed by atoms with Gasteiger partial charge in [-0.15, -0.1) is 0 Å². The monoisotopic (exact) mass is 669 g/mol. The Balaban J connectivity index is 1.50. The molecule has 0 saturated carbocycles. The first kappa shape index (κ1) is 37.2. The van der Waals surface area contributed by atoms with Gasteiger partial charge in [-0.1, -0.05) is 79.7 Å². The minimum atomic E-state index is -0.981. The summed E-state index contributed by atoms with van der Waals surface area (Å²) in [6.07, 6.45) is 1.21. The number of carbonyl (C=O) groups is 2. The van der Waals surface area contributed by atoms with Gasteiger partial charge < -0.3 is 19.1 Å². The summed E-state index contributed by atoms with van der Waals surface area (Å²) in [4.78, 5) is 45.4. The molecule has 0 N–H and O–H groups in total. The minimum absolute atomic E-state index is 0.0333. The summed E-state index contributed by atoms with van der Waals surface area (Å²) in [6.45, 7) is 9.25. The lowest BCUT2D eigenvalue weighted by atomic mass is 9.75. The number of ether oxygens (including phenoxy) is 3. The molecular weight excluding hydrogens is 622 g/mol. The van der Waals surface area contributed by atoms with Crippen LogP contribution < -0.4 is 0 Å². The molecule has 1 aliphatic heterocycles. The van der Waals surface area contributed by atoms with Crippen molar-refractivity contribution in [2.45, 2.75) is 58.5 Å². The van der Waals surface area contributed by atoms with Gasteiger partial charge in [0.1, 0.15) is 18.6 Å². The Morgan fingerprint density at radius 1 is 0.939 bits per heavy atom. The highest BCUT2D eigenvalue weighted by atomic mass is 16.6. The van der Waals surface area contributed by atoms with Crippen molar-refractivity contribution in [1.82, 2.24) is 4.90 Å². The molecule has 0 radical (unpaired) electrons. The molecule has 0 bridgehead atoms. The molecular formula is C39H47N3O7. The summed E-state index contributed by atoms with van der Waals surface area (Å²) < 4.78 is 17.0. The van der Waals surface area contributed by atoms with Crippen LogP contribution >= 0.6 is 0 Å². The third-order valence-electron chi connectivity index (χ3n) is 8.64. The van der Waals surface area contributed by atoms with Crippen LogP contribution in [0, 0.1) is 16.0 Å². The number of rotatable bonds is 17. The maximum atomic E-state index is 14.0. The Morgan fingerprint density at radius 3 is 2.20 bits per heavy atom. The number of carbonyl (C=O) groups excluding carboxylic acids is 2. The van der Waals surface area contributed by atoms with Crippen molar-refractivity contribution in [3.8, 4) is 0 Å². The number of nitro benzene ring substituents is 1. The zero-order valence-corrected chi connectivity index (χ0v) is 29.0. The standard InChI is InChI=1S/C39H47N3O7/c1-6-22-47-23-24-48-38(43)35-28(3)40-29(4)36(37(35)32-18-13-19-33(25-32)42(45)46)39(44)49-27(2)26-41(5)21-20-34(30-14-9-7-10-15-30)31-16-11-8-12-17-31/h7-19,25,27,34-35,37H,6,20-24,26H2,1-5H3. The van der Waals surface area contributed by atoms with Gasteiger partial charge in [0.15, 0.2) is 0 Å². The molecule has 0 fully saturated rings. The highest BCUT2D eigenvalue weighted by molar-refractivity contribution is 6.07. The second-order valence-electron chi connectivity index (χ2n) is 12.5. The fourth-order valence-corrected chi connectivity index (χ4v) is 6.40. The van der Waals surface area contributed by atoms with E-state index in [2.05, 4.69) is 58.4 Å². The average Bonchev–Trinajstić information content (AvgIpc) is 3.08. The molecule has 260 valence electrons. The Kier molecular flexibility index (Phi) is 13.8. The quantitative estimate of drug-likeness (QED) is 0.0646. The van der Waals surface area contributed by atoms with Crippen LogP contribution in [0.1, 0.15) is 69.1 Å².